The van der Waals surface area contributed by atoms with Gasteiger partial charge in [0.1, 0.15) is 11.3 Å². The Morgan fingerprint density at radius 3 is 2.86 bits per heavy atom. The molecule has 2 aromatic rings. The van der Waals surface area contributed by atoms with Crippen LogP contribution in [0.4, 0.5) is 0 Å². The fraction of sp³-hybridized carbons (Fsp3) is 0.529. The van der Waals surface area contributed by atoms with Gasteiger partial charge in [-0.15, -0.1) is 0 Å². The van der Waals surface area contributed by atoms with E-state index in [1.54, 1.807) is 0 Å². The summed E-state index contributed by atoms with van der Waals surface area (Å²) in [5.41, 5.74) is 2.21. The molecule has 1 N–H and O–H groups in total. The fourth-order valence-electron chi connectivity index (χ4n) is 3.10. The molecule has 1 fully saturated rings. The number of para-hydroxylation sites is 1. The SMILES string of the molecule is CNCc1oc2ccccc2c1CN1CCOC(C)(C)C1. The highest BCUT2D eigenvalue weighted by molar-refractivity contribution is 5.82. The van der Waals surface area contributed by atoms with Gasteiger partial charge in [0.2, 0.25) is 0 Å². The summed E-state index contributed by atoms with van der Waals surface area (Å²) in [5, 5.41) is 4.43. The smallest absolute Gasteiger partial charge is 0.134 e. The van der Waals surface area contributed by atoms with E-state index in [0.29, 0.717) is 0 Å². The van der Waals surface area contributed by atoms with Crippen LogP contribution >= 0.6 is 0 Å². The molecule has 0 atom stereocenters. The molecule has 3 rings (SSSR count). The predicted molar refractivity (Wildman–Crippen MR) is 84.3 cm³/mol. The zero-order chi connectivity index (χ0) is 14.9. The van der Waals surface area contributed by atoms with Crippen LogP contribution in [0.2, 0.25) is 0 Å². The lowest BCUT2D eigenvalue weighted by molar-refractivity contribution is -0.0882. The van der Waals surface area contributed by atoms with Crippen molar-refractivity contribution in [2.45, 2.75) is 32.5 Å². The van der Waals surface area contributed by atoms with Crippen molar-refractivity contribution in [1.82, 2.24) is 10.2 Å². The van der Waals surface area contributed by atoms with Gasteiger partial charge in [0.25, 0.3) is 0 Å². The maximum Gasteiger partial charge on any atom is 0.134 e. The Hall–Kier alpha value is -1.36. The van der Waals surface area contributed by atoms with Gasteiger partial charge in [-0.2, -0.15) is 0 Å². The molecule has 0 aliphatic carbocycles. The van der Waals surface area contributed by atoms with Crippen molar-refractivity contribution in [1.29, 1.82) is 0 Å². The summed E-state index contributed by atoms with van der Waals surface area (Å²) >= 11 is 0. The van der Waals surface area contributed by atoms with Crippen LogP contribution in [0.5, 0.6) is 0 Å². The zero-order valence-corrected chi connectivity index (χ0v) is 13.1. The summed E-state index contributed by atoms with van der Waals surface area (Å²) in [7, 11) is 1.95. The van der Waals surface area contributed by atoms with Crippen molar-refractivity contribution in [3.8, 4) is 0 Å². The Morgan fingerprint density at radius 2 is 2.10 bits per heavy atom. The minimum atomic E-state index is -0.0685. The number of fused-ring (bicyclic) bond motifs is 1. The largest absolute Gasteiger partial charge is 0.459 e. The Labute approximate surface area is 126 Å². The van der Waals surface area contributed by atoms with Gasteiger partial charge in [-0.3, -0.25) is 4.90 Å². The molecule has 1 saturated heterocycles. The van der Waals surface area contributed by atoms with Crippen molar-refractivity contribution in [3.63, 3.8) is 0 Å². The zero-order valence-electron chi connectivity index (χ0n) is 13.1. The standard InChI is InChI=1S/C17H24N2O2/c1-17(2)12-19(8-9-20-17)11-14-13-6-4-5-7-15(13)21-16(14)10-18-3/h4-7,18H,8-12H2,1-3H3. The van der Waals surface area contributed by atoms with Crippen LogP contribution in [0, 0.1) is 0 Å². The first kappa shape index (κ1) is 14.6. The first-order valence-corrected chi connectivity index (χ1v) is 7.59. The number of nitrogens with one attached hydrogen (secondary N) is 1. The maximum absolute atomic E-state index is 6.01. The minimum absolute atomic E-state index is 0.0685. The van der Waals surface area contributed by atoms with Gasteiger partial charge >= 0.3 is 0 Å². The van der Waals surface area contributed by atoms with Gasteiger partial charge in [0.15, 0.2) is 0 Å². The third-order valence-electron chi connectivity index (χ3n) is 4.01. The number of benzene rings is 1. The second kappa shape index (κ2) is 5.79. The predicted octanol–water partition coefficient (Wildman–Crippen LogP) is 2.76. The molecule has 4 heteroatoms. The lowest BCUT2D eigenvalue weighted by Gasteiger charge is -2.38. The number of furan rings is 1. The highest BCUT2D eigenvalue weighted by Crippen LogP contribution is 2.28. The van der Waals surface area contributed by atoms with E-state index in [0.717, 1.165) is 44.1 Å². The second-order valence-electron chi connectivity index (χ2n) is 6.35. The molecule has 4 nitrogen and oxygen atoms in total. The summed E-state index contributed by atoms with van der Waals surface area (Å²) in [6, 6.07) is 8.30. The summed E-state index contributed by atoms with van der Waals surface area (Å²) < 4.78 is 11.8. The van der Waals surface area contributed by atoms with Crippen molar-refractivity contribution in [3.05, 3.63) is 35.6 Å². The molecular formula is C17H24N2O2. The van der Waals surface area contributed by atoms with Crippen LogP contribution in [0.15, 0.2) is 28.7 Å². The van der Waals surface area contributed by atoms with Crippen molar-refractivity contribution < 1.29 is 9.15 Å². The number of hydrogen-bond acceptors (Lipinski definition) is 4. The molecule has 0 bridgehead atoms. The van der Waals surface area contributed by atoms with E-state index in [9.17, 15) is 0 Å². The Balaban J connectivity index is 1.89. The summed E-state index contributed by atoms with van der Waals surface area (Å²) in [6.07, 6.45) is 0. The monoisotopic (exact) mass is 288 g/mol. The molecule has 2 heterocycles. The highest BCUT2D eigenvalue weighted by Gasteiger charge is 2.28. The summed E-state index contributed by atoms with van der Waals surface area (Å²) in [6.45, 7) is 8.71. The molecule has 0 amide bonds. The molecule has 0 spiro atoms. The number of rotatable bonds is 4. The molecule has 1 aromatic carbocycles. The number of morpholine rings is 1. The molecule has 0 unspecified atom stereocenters. The first-order valence-electron chi connectivity index (χ1n) is 7.59. The quantitative estimate of drug-likeness (QED) is 0.939. The van der Waals surface area contributed by atoms with Crippen LogP contribution in [0.3, 0.4) is 0 Å². The van der Waals surface area contributed by atoms with E-state index in [4.69, 9.17) is 9.15 Å². The van der Waals surface area contributed by atoms with E-state index in [1.165, 1.54) is 10.9 Å². The third-order valence-corrected chi connectivity index (χ3v) is 4.01. The molecule has 1 aromatic heterocycles. The third kappa shape index (κ3) is 3.12. The molecule has 21 heavy (non-hydrogen) atoms. The second-order valence-corrected chi connectivity index (χ2v) is 6.35. The van der Waals surface area contributed by atoms with Crippen LogP contribution < -0.4 is 5.32 Å². The van der Waals surface area contributed by atoms with Crippen molar-refractivity contribution in [2.24, 2.45) is 0 Å². The van der Waals surface area contributed by atoms with Gasteiger partial charge in [0.05, 0.1) is 18.8 Å². The number of hydrogen-bond donors (Lipinski definition) is 1. The van der Waals surface area contributed by atoms with E-state index in [2.05, 4.69) is 36.2 Å². The van der Waals surface area contributed by atoms with Gasteiger partial charge in [-0.1, -0.05) is 18.2 Å². The molecule has 0 radical (unpaired) electrons. The Kier molecular flexibility index (Phi) is 4.02. The van der Waals surface area contributed by atoms with Gasteiger partial charge < -0.3 is 14.5 Å². The van der Waals surface area contributed by atoms with Gasteiger partial charge in [-0.25, -0.2) is 0 Å². The first-order chi connectivity index (χ1) is 10.1. The normalized spacial score (nSPS) is 19.2. The Morgan fingerprint density at radius 1 is 1.29 bits per heavy atom. The average Bonchev–Trinajstić information content (AvgIpc) is 2.76. The highest BCUT2D eigenvalue weighted by atomic mass is 16.5. The van der Waals surface area contributed by atoms with Gasteiger partial charge in [-0.05, 0) is 27.0 Å². The topological polar surface area (TPSA) is 37.6 Å². The van der Waals surface area contributed by atoms with E-state index in [1.807, 2.05) is 19.2 Å². The number of ether oxygens (including phenoxy) is 1. The molecule has 1 aliphatic rings. The van der Waals surface area contributed by atoms with E-state index < -0.39 is 0 Å². The Bertz CT molecular complexity index is 618. The fourth-order valence-corrected chi connectivity index (χ4v) is 3.10. The van der Waals surface area contributed by atoms with Crippen molar-refractivity contribution in [2.75, 3.05) is 26.7 Å². The minimum Gasteiger partial charge on any atom is -0.459 e. The van der Waals surface area contributed by atoms with Crippen molar-refractivity contribution >= 4 is 11.0 Å². The molecule has 1 aliphatic heterocycles. The summed E-state index contributed by atoms with van der Waals surface area (Å²) in [4.78, 5) is 2.46. The molecule has 0 saturated carbocycles. The average molecular weight is 288 g/mol. The van der Waals surface area contributed by atoms with Crippen LogP contribution in [-0.2, 0) is 17.8 Å². The number of nitrogens with zero attached hydrogens (tertiary/aromatic N) is 1. The lowest BCUT2D eigenvalue weighted by Crippen LogP contribution is -2.47. The lowest BCUT2D eigenvalue weighted by atomic mass is 10.1. The van der Waals surface area contributed by atoms with E-state index >= 15 is 0 Å². The summed E-state index contributed by atoms with van der Waals surface area (Å²) in [5.74, 6) is 1.04. The van der Waals surface area contributed by atoms with Crippen LogP contribution in [0.1, 0.15) is 25.2 Å². The molecule has 114 valence electrons. The maximum atomic E-state index is 6.01. The van der Waals surface area contributed by atoms with Gasteiger partial charge in [0, 0.05) is 30.6 Å². The van der Waals surface area contributed by atoms with Crippen LogP contribution in [0.25, 0.3) is 11.0 Å². The molecular weight excluding hydrogens is 264 g/mol. The van der Waals surface area contributed by atoms with Crippen LogP contribution in [-0.4, -0.2) is 37.2 Å². The van der Waals surface area contributed by atoms with E-state index in [-0.39, 0.29) is 5.60 Å².